The van der Waals surface area contributed by atoms with Crippen molar-refractivity contribution in [2.24, 2.45) is 5.84 Å². The first-order valence-electron chi connectivity index (χ1n) is 6.05. The Hall–Kier alpha value is -1.18. The van der Waals surface area contributed by atoms with Crippen LogP contribution >= 0.6 is 15.9 Å². The number of hydrogen-bond donors (Lipinski definition) is 2. The molecule has 1 aliphatic heterocycles. The highest BCUT2D eigenvalue weighted by atomic mass is 79.9. The Morgan fingerprint density at radius 1 is 1.68 bits per heavy atom. The monoisotopic (exact) mass is 328 g/mol. The molecule has 0 saturated carbocycles. The van der Waals surface area contributed by atoms with E-state index in [1.807, 2.05) is 6.92 Å². The van der Waals surface area contributed by atoms with Crippen LogP contribution in [0, 0.1) is 0 Å². The molecule has 2 atom stereocenters. The standard InChI is InChI=1S/C12H17BrN4O2/c1-7-10(3-4-19-7)17(2)12(18)9-5-8(13)6-15-11(9)16-14/h5-7,10H,3-4,14H2,1-2H3,(H,15,16). The summed E-state index contributed by atoms with van der Waals surface area (Å²) in [5, 5.41) is 0. The summed E-state index contributed by atoms with van der Waals surface area (Å²) in [6, 6.07) is 1.79. The average molecular weight is 329 g/mol. The second-order valence-corrected chi connectivity index (χ2v) is 5.46. The summed E-state index contributed by atoms with van der Waals surface area (Å²) in [4.78, 5) is 18.3. The Morgan fingerprint density at radius 2 is 2.42 bits per heavy atom. The maximum atomic E-state index is 12.5. The minimum absolute atomic E-state index is 0.0448. The number of aromatic nitrogens is 1. The van der Waals surface area contributed by atoms with Gasteiger partial charge in [0.1, 0.15) is 0 Å². The first-order chi connectivity index (χ1) is 9.04. The van der Waals surface area contributed by atoms with Gasteiger partial charge in [-0.2, -0.15) is 0 Å². The van der Waals surface area contributed by atoms with Crippen LogP contribution in [0.3, 0.4) is 0 Å². The van der Waals surface area contributed by atoms with E-state index in [2.05, 4.69) is 26.3 Å². The third-order valence-electron chi connectivity index (χ3n) is 3.38. The largest absolute Gasteiger partial charge is 0.376 e. The van der Waals surface area contributed by atoms with E-state index in [1.54, 1.807) is 24.2 Å². The Bertz CT molecular complexity index is 483. The van der Waals surface area contributed by atoms with E-state index in [1.165, 1.54) is 0 Å². The van der Waals surface area contributed by atoms with Gasteiger partial charge >= 0.3 is 0 Å². The molecule has 6 nitrogen and oxygen atoms in total. The molecular weight excluding hydrogens is 312 g/mol. The summed E-state index contributed by atoms with van der Waals surface area (Å²) < 4.78 is 6.23. The minimum atomic E-state index is -0.121. The fraction of sp³-hybridized carbons (Fsp3) is 0.500. The number of amides is 1. The van der Waals surface area contributed by atoms with Crippen LogP contribution in [0.4, 0.5) is 5.82 Å². The summed E-state index contributed by atoms with van der Waals surface area (Å²) in [5.74, 6) is 5.64. The molecule has 19 heavy (non-hydrogen) atoms. The molecule has 0 spiro atoms. The number of rotatable bonds is 3. The third-order valence-corrected chi connectivity index (χ3v) is 3.81. The molecule has 7 heteroatoms. The number of hydrogen-bond acceptors (Lipinski definition) is 5. The molecule has 2 unspecified atom stereocenters. The second-order valence-electron chi connectivity index (χ2n) is 4.54. The van der Waals surface area contributed by atoms with Gasteiger partial charge in [0.15, 0.2) is 5.82 Å². The van der Waals surface area contributed by atoms with E-state index in [0.717, 1.165) is 10.9 Å². The van der Waals surface area contributed by atoms with Gasteiger partial charge in [0.25, 0.3) is 5.91 Å². The fourth-order valence-corrected chi connectivity index (χ4v) is 2.62. The van der Waals surface area contributed by atoms with Gasteiger partial charge in [0.2, 0.25) is 0 Å². The Morgan fingerprint density at radius 3 is 3.00 bits per heavy atom. The number of nitrogen functional groups attached to an aromatic ring is 1. The second kappa shape index (κ2) is 5.85. The lowest BCUT2D eigenvalue weighted by molar-refractivity contribution is 0.0575. The van der Waals surface area contributed by atoms with Crippen LogP contribution in [-0.2, 0) is 4.74 Å². The van der Waals surface area contributed by atoms with Gasteiger partial charge in [-0.3, -0.25) is 4.79 Å². The average Bonchev–Trinajstić information content (AvgIpc) is 2.83. The lowest BCUT2D eigenvalue weighted by atomic mass is 10.1. The minimum Gasteiger partial charge on any atom is -0.376 e. The predicted molar refractivity (Wildman–Crippen MR) is 75.7 cm³/mol. The number of carbonyl (C=O) groups is 1. The van der Waals surface area contributed by atoms with Gasteiger partial charge in [-0.1, -0.05) is 0 Å². The van der Waals surface area contributed by atoms with Gasteiger partial charge in [0, 0.05) is 24.3 Å². The third kappa shape index (κ3) is 2.88. The molecule has 1 aromatic heterocycles. The van der Waals surface area contributed by atoms with Crippen molar-refractivity contribution in [1.29, 1.82) is 0 Å². The Labute approximate surface area is 120 Å². The number of hydrazine groups is 1. The maximum Gasteiger partial charge on any atom is 0.257 e. The number of nitrogens with zero attached hydrogens (tertiary/aromatic N) is 2. The SMILES string of the molecule is CC1OCCC1N(C)C(=O)c1cc(Br)cnc1NN. The van der Waals surface area contributed by atoms with E-state index in [-0.39, 0.29) is 18.1 Å². The molecule has 0 aliphatic carbocycles. The predicted octanol–water partition coefficient (Wildman–Crippen LogP) is 1.38. The first kappa shape index (κ1) is 14.2. The van der Waals surface area contributed by atoms with E-state index >= 15 is 0 Å². The zero-order valence-electron chi connectivity index (χ0n) is 10.9. The molecule has 1 aromatic rings. The number of carbonyl (C=O) groups excluding carboxylic acids is 1. The van der Waals surface area contributed by atoms with Crippen molar-refractivity contribution in [3.05, 3.63) is 22.3 Å². The summed E-state index contributed by atoms with van der Waals surface area (Å²) in [5.41, 5.74) is 2.89. The number of likely N-dealkylation sites (N-methyl/N-ethyl adjacent to an activating group) is 1. The van der Waals surface area contributed by atoms with Crippen LogP contribution in [0.1, 0.15) is 23.7 Å². The highest BCUT2D eigenvalue weighted by Gasteiger charge is 2.32. The molecule has 1 fully saturated rings. The molecule has 1 aliphatic rings. The lowest BCUT2D eigenvalue weighted by Gasteiger charge is -2.27. The molecule has 0 radical (unpaired) electrons. The molecule has 1 saturated heterocycles. The van der Waals surface area contributed by atoms with Crippen molar-refractivity contribution in [3.8, 4) is 0 Å². The number of halogens is 1. The molecule has 2 heterocycles. The van der Waals surface area contributed by atoms with Crippen LogP contribution in [0.5, 0.6) is 0 Å². The number of ether oxygens (including phenoxy) is 1. The molecule has 0 bridgehead atoms. The van der Waals surface area contributed by atoms with Crippen molar-refractivity contribution in [3.63, 3.8) is 0 Å². The summed E-state index contributed by atoms with van der Waals surface area (Å²) in [6.45, 7) is 2.66. The van der Waals surface area contributed by atoms with Crippen LogP contribution in [0.2, 0.25) is 0 Å². The molecule has 104 valence electrons. The van der Waals surface area contributed by atoms with Gasteiger partial charge in [0.05, 0.1) is 17.7 Å². The zero-order valence-corrected chi connectivity index (χ0v) is 12.5. The van der Waals surface area contributed by atoms with E-state index in [4.69, 9.17) is 10.6 Å². The van der Waals surface area contributed by atoms with Crippen molar-refractivity contribution in [2.75, 3.05) is 19.1 Å². The highest BCUT2D eigenvalue weighted by Crippen LogP contribution is 2.23. The van der Waals surface area contributed by atoms with Crippen molar-refractivity contribution >= 4 is 27.7 Å². The Balaban J connectivity index is 2.25. The lowest BCUT2D eigenvalue weighted by Crippen LogP contribution is -2.41. The van der Waals surface area contributed by atoms with Crippen molar-refractivity contribution in [1.82, 2.24) is 9.88 Å². The first-order valence-corrected chi connectivity index (χ1v) is 6.84. The van der Waals surface area contributed by atoms with E-state index in [0.29, 0.717) is 18.0 Å². The van der Waals surface area contributed by atoms with Gasteiger partial charge in [-0.05, 0) is 35.3 Å². The normalized spacial score (nSPS) is 22.3. The number of nitrogens with two attached hydrogens (primary N) is 1. The topological polar surface area (TPSA) is 80.5 Å². The van der Waals surface area contributed by atoms with Gasteiger partial charge in [-0.15, -0.1) is 0 Å². The summed E-state index contributed by atoms with van der Waals surface area (Å²) in [7, 11) is 1.78. The summed E-state index contributed by atoms with van der Waals surface area (Å²) in [6.07, 6.45) is 2.48. The molecular formula is C12H17BrN4O2. The Kier molecular flexibility index (Phi) is 4.38. The van der Waals surface area contributed by atoms with Crippen LogP contribution in [0.15, 0.2) is 16.7 Å². The van der Waals surface area contributed by atoms with Crippen LogP contribution in [-0.4, -0.2) is 41.6 Å². The van der Waals surface area contributed by atoms with Crippen molar-refractivity contribution in [2.45, 2.75) is 25.5 Å². The number of pyridine rings is 1. The molecule has 3 N–H and O–H groups in total. The van der Waals surface area contributed by atoms with Crippen LogP contribution in [0.25, 0.3) is 0 Å². The van der Waals surface area contributed by atoms with E-state index in [9.17, 15) is 4.79 Å². The molecule has 1 amide bonds. The molecule has 2 rings (SSSR count). The van der Waals surface area contributed by atoms with E-state index < -0.39 is 0 Å². The fourth-order valence-electron chi connectivity index (χ4n) is 2.29. The smallest absolute Gasteiger partial charge is 0.257 e. The van der Waals surface area contributed by atoms with Gasteiger partial charge in [-0.25, -0.2) is 10.8 Å². The van der Waals surface area contributed by atoms with Crippen LogP contribution < -0.4 is 11.3 Å². The highest BCUT2D eigenvalue weighted by molar-refractivity contribution is 9.10. The van der Waals surface area contributed by atoms with Crippen molar-refractivity contribution < 1.29 is 9.53 Å². The van der Waals surface area contributed by atoms with Gasteiger partial charge < -0.3 is 15.1 Å². The maximum absolute atomic E-state index is 12.5. The molecule has 0 aromatic carbocycles. The number of anilines is 1. The summed E-state index contributed by atoms with van der Waals surface area (Å²) >= 11 is 3.31. The quantitative estimate of drug-likeness (QED) is 0.647. The number of nitrogens with one attached hydrogen (secondary N) is 1. The zero-order chi connectivity index (χ0) is 14.0.